The number of carbonyl (C=O) groups excluding carboxylic acids is 1. The number of benzene rings is 2. The highest BCUT2D eigenvalue weighted by Crippen LogP contribution is 2.32. The van der Waals surface area contributed by atoms with Crippen molar-refractivity contribution >= 4 is 23.2 Å². The molecule has 0 bridgehead atoms. The summed E-state index contributed by atoms with van der Waals surface area (Å²) >= 11 is 6.49. The van der Waals surface area contributed by atoms with Gasteiger partial charge in [0.1, 0.15) is 0 Å². The van der Waals surface area contributed by atoms with Crippen LogP contribution < -0.4 is 16.2 Å². The fraction of sp³-hybridized carbons (Fsp3) is 0.455. The number of aryl methyl sites for hydroxylation is 2. The van der Waals surface area contributed by atoms with Crippen LogP contribution >= 0.6 is 11.6 Å². The molecule has 1 aliphatic rings. The predicted octanol–water partition coefficient (Wildman–Crippen LogP) is 6.33. The van der Waals surface area contributed by atoms with Crippen molar-refractivity contribution in [1.82, 2.24) is 14.8 Å². The molecule has 1 heterocycles. The van der Waals surface area contributed by atoms with Crippen molar-refractivity contribution < 1.29 is 4.79 Å². The number of carbonyl (C=O) groups is 1. The molecule has 1 aliphatic carbocycles. The molecule has 0 spiro atoms. The summed E-state index contributed by atoms with van der Waals surface area (Å²) in [5.41, 5.74) is 5.60. The van der Waals surface area contributed by atoms with Crippen LogP contribution in [0, 0.1) is 26.7 Å². The van der Waals surface area contributed by atoms with Gasteiger partial charge >= 0.3 is 0 Å². The molecule has 1 atom stereocenters. The second-order valence-corrected chi connectivity index (χ2v) is 12.0. The Bertz CT molecular complexity index is 1390. The van der Waals surface area contributed by atoms with Gasteiger partial charge in [0.05, 0.1) is 6.54 Å². The average Bonchev–Trinajstić information content (AvgIpc) is 2.93. The van der Waals surface area contributed by atoms with Crippen LogP contribution in [-0.4, -0.2) is 41.6 Å². The normalized spacial score (nSPS) is 18.0. The molecule has 1 saturated carbocycles. The van der Waals surface area contributed by atoms with Crippen LogP contribution in [-0.2, 0) is 13.1 Å². The van der Waals surface area contributed by atoms with Crippen LogP contribution in [0.2, 0.25) is 5.02 Å². The zero-order valence-corrected chi connectivity index (χ0v) is 25.4. The molecule has 0 radical (unpaired) electrons. The lowest BCUT2D eigenvalue weighted by Crippen LogP contribution is -2.36. The number of aromatic nitrogens is 1. The first-order valence-corrected chi connectivity index (χ1v) is 14.7. The van der Waals surface area contributed by atoms with Crippen LogP contribution in [0.1, 0.15) is 70.9 Å². The van der Waals surface area contributed by atoms with E-state index >= 15 is 0 Å². The third-order valence-corrected chi connectivity index (χ3v) is 8.84. The largest absolute Gasteiger partial charge is 0.382 e. The third kappa shape index (κ3) is 6.97. The van der Waals surface area contributed by atoms with E-state index in [-0.39, 0.29) is 24.1 Å². The standard InChI is InChI=1S/C33H43ClN4O2/c1-21-16-22(2)38(20-25-10-8-7-9-11-25)33(40)30(21)19-35-32(39)29-17-27(34)18-31(23(29)3)36-24(4)26-12-14-28(15-13-26)37(5)6/h7-11,16-18,24,26,28,36H,12-15,19-20H2,1-6H3,(H,35,39)/t24?,26-,28-. The van der Waals surface area contributed by atoms with Crippen LogP contribution in [0.4, 0.5) is 5.69 Å². The van der Waals surface area contributed by atoms with Gasteiger partial charge in [0.15, 0.2) is 0 Å². The molecule has 214 valence electrons. The van der Waals surface area contributed by atoms with Crippen molar-refractivity contribution in [1.29, 1.82) is 0 Å². The van der Waals surface area contributed by atoms with Crippen molar-refractivity contribution in [3.05, 3.63) is 97.4 Å². The fourth-order valence-corrected chi connectivity index (χ4v) is 6.18. The van der Waals surface area contributed by atoms with E-state index in [9.17, 15) is 9.59 Å². The summed E-state index contributed by atoms with van der Waals surface area (Å²) in [5, 5.41) is 7.16. The zero-order chi connectivity index (χ0) is 29.0. The SMILES string of the molecule is Cc1cc(C)n(Cc2ccccc2)c(=O)c1CNC(=O)c1cc(Cl)cc(NC(C)[C@H]2CC[C@H](N(C)C)CC2)c1C. The second-order valence-electron chi connectivity index (χ2n) is 11.6. The molecule has 2 N–H and O–H groups in total. The topological polar surface area (TPSA) is 66.4 Å². The maximum absolute atomic E-state index is 13.4. The molecular weight excluding hydrogens is 520 g/mol. The molecule has 3 aromatic rings. The molecule has 1 amide bonds. The van der Waals surface area contributed by atoms with Gasteiger partial charge in [-0.05, 0) is 108 Å². The summed E-state index contributed by atoms with van der Waals surface area (Å²) in [7, 11) is 4.32. The van der Waals surface area contributed by atoms with E-state index in [4.69, 9.17) is 11.6 Å². The Morgan fingerprint density at radius 1 is 1.05 bits per heavy atom. The van der Waals surface area contributed by atoms with E-state index in [2.05, 4.69) is 36.6 Å². The lowest BCUT2D eigenvalue weighted by Gasteiger charge is -2.36. The first-order valence-electron chi connectivity index (χ1n) is 14.3. The maximum atomic E-state index is 13.4. The summed E-state index contributed by atoms with van der Waals surface area (Å²) in [6, 6.07) is 16.5. The van der Waals surface area contributed by atoms with Gasteiger partial charge in [-0.2, -0.15) is 0 Å². The van der Waals surface area contributed by atoms with E-state index in [1.54, 1.807) is 10.6 Å². The Hall–Kier alpha value is -3.09. The number of pyridine rings is 1. The van der Waals surface area contributed by atoms with Gasteiger partial charge < -0.3 is 20.1 Å². The Kier molecular flexibility index (Phi) is 9.75. The van der Waals surface area contributed by atoms with Crippen molar-refractivity contribution in [2.75, 3.05) is 19.4 Å². The summed E-state index contributed by atoms with van der Waals surface area (Å²) in [6.45, 7) is 8.68. The predicted molar refractivity (Wildman–Crippen MR) is 166 cm³/mol. The second kappa shape index (κ2) is 13.0. The molecule has 1 unspecified atom stereocenters. The van der Waals surface area contributed by atoms with Gasteiger partial charge in [-0.25, -0.2) is 0 Å². The van der Waals surface area contributed by atoms with E-state index in [1.807, 2.05) is 63.2 Å². The fourth-order valence-electron chi connectivity index (χ4n) is 5.96. The number of rotatable bonds is 9. The summed E-state index contributed by atoms with van der Waals surface area (Å²) in [4.78, 5) is 29.2. The van der Waals surface area contributed by atoms with E-state index in [0.717, 1.165) is 28.1 Å². The lowest BCUT2D eigenvalue weighted by molar-refractivity contribution is 0.0950. The monoisotopic (exact) mass is 562 g/mol. The minimum atomic E-state index is -0.240. The van der Waals surface area contributed by atoms with Crippen molar-refractivity contribution in [2.45, 2.75) is 78.6 Å². The van der Waals surface area contributed by atoms with Gasteiger partial charge in [0.25, 0.3) is 11.5 Å². The minimum Gasteiger partial charge on any atom is -0.382 e. The molecule has 2 aromatic carbocycles. The molecule has 1 aromatic heterocycles. The van der Waals surface area contributed by atoms with Crippen LogP contribution in [0.25, 0.3) is 0 Å². The highest BCUT2D eigenvalue weighted by Gasteiger charge is 2.27. The number of anilines is 1. The van der Waals surface area contributed by atoms with Crippen molar-refractivity contribution in [2.24, 2.45) is 5.92 Å². The molecule has 0 aliphatic heterocycles. The van der Waals surface area contributed by atoms with Gasteiger partial charge in [0.2, 0.25) is 0 Å². The Morgan fingerprint density at radius 2 is 1.73 bits per heavy atom. The number of nitrogens with one attached hydrogen (secondary N) is 2. The van der Waals surface area contributed by atoms with Crippen LogP contribution in [0.5, 0.6) is 0 Å². The van der Waals surface area contributed by atoms with E-state index in [0.29, 0.717) is 34.7 Å². The number of hydrogen-bond donors (Lipinski definition) is 2. The molecule has 0 saturated heterocycles. The number of halogens is 1. The maximum Gasteiger partial charge on any atom is 0.256 e. The highest BCUT2D eigenvalue weighted by molar-refractivity contribution is 6.31. The summed E-state index contributed by atoms with van der Waals surface area (Å²) < 4.78 is 1.77. The van der Waals surface area contributed by atoms with Crippen molar-refractivity contribution in [3.8, 4) is 0 Å². The van der Waals surface area contributed by atoms with Crippen LogP contribution in [0.3, 0.4) is 0 Å². The molecule has 1 fully saturated rings. The van der Waals surface area contributed by atoms with Crippen LogP contribution in [0.15, 0.2) is 53.3 Å². The smallest absolute Gasteiger partial charge is 0.256 e. The third-order valence-electron chi connectivity index (χ3n) is 8.62. The number of amides is 1. The van der Waals surface area contributed by atoms with Gasteiger partial charge in [0, 0.05) is 46.2 Å². The molecule has 7 heteroatoms. The quantitative estimate of drug-likeness (QED) is 0.320. The van der Waals surface area contributed by atoms with Gasteiger partial charge in [-0.3, -0.25) is 9.59 Å². The number of hydrogen-bond acceptors (Lipinski definition) is 4. The van der Waals surface area contributed by atoms with Crippen molar-refractivity contribution in [3.63, 3.8) is 0 Å². The van der Waals surface area contributed by atoms with Gasteiger partial charge in [-0.15, -0.1) is 0 Å². The van der Waals surface area contributed by atoms with E-state index in [1.165, 1.54) is 25.7 Å². The average molecular weight is 563 g/mol. The first kappa shape index (κ1) is 29.9. The Labute approximate surface area is 243 Å². The molecular formula is C33H43ClN4O2. The molecule has 40 heavy (non-hydrogen) atoms. The first-order chi connectivity index (χ1) is 19.0. The minimum absolute atomic E-state index is 0.0790. The number of nitrogens with zero attached hydrogens (tertiary/aromatic N) is 2. The Morgan fingerprint density at radius 3 is 2.38 bits per heavy atom. The summed E-state index contributed by atoms with van der Waals surface area (Å²) in [5.74, 6) is 0.339. The van der Waals surface area contributed by atoms with E-state index < -0.39 is 0 Å². The zero-order valence-electron chi connectivity index (χ0n) is 24.7. The summed E-state index contributed by atoms with van der Waals surface area (Å²) in [6.07, 6.45) is 4.78. The highest BCUT2D eigenvalue weighted by atomic mass is 35.5. The van der Waals surface area contributed by atoms with Gasteiger partial charge in [-0.1, -0.05) is 41.9 Å². The molecule has 4 rings (SSSR count). The Balaban J connectivity index is 1.47. The molecule has 6 nitrogen and oxygen atoms in total. The lowest BCUT2D eigenvalue weighted by atomic mass is 9.81.